The summed E-state index contributed by atoms with van der Waals surface area (Å²) < 4.78 is 0. The van der Waals surface area contributed by atoms with Crippen LogP contribution in [0.25, 0.3) is 0 Å². The molecule has 2 rings (SSSR count). The van der Waals surface area contributed by atoms with Crippen molar-refractivity contribution in [1.82, 2.24) is 0 Å². The normalized spacial score (nSPS) is 15.6. The fourth-order valence-corrected chi connectivity index (χ4v) is 2.06. The van der Waals surface area contributed by atoms with Crippen molar-refractivity contribution in [1.29, 1.82) is 0 Å². The zero-order valence-electron chi connectivity index (χ0n) is 10.7. The summed E-state index contributed by atoms with van der Waals surface area (Å²) in [4.78, 5) is 23.4. The topological polar surface area (TPSA) is 63.4 Å². The Labute approximate surface area is 108 Å². The molecule has 1 aromatic rings. The van der Waals surface area contributed by atoms with Crippen LogP contribution >= 0.6 is 0 Å². The van der Waals surface area contributed by atoms with Crippen LogP contribution in [0.2, 0.25) is 0 Å². The highest BCUT2D eigenvalue weighted by Crippen LogP contribution is 2.22. The molecule has 0 bridgehead atoms. The van der Waals surface area contributed by atoms with Crippen LogP contribution in [0.15, 0.2) is 24.3 Å². The highest BCUT2D eigenvalue weighted by molar-refractivity contribution is 5.75. The van der Waals surface area contributed by atoms with Crippen molar-refractivity contribution < 1.29 is 9.59 Å². The van der Waals surface area contributed by atoms with E-state index in [-0.39, 0.29) is 5.92 Å². The summed E-state index contributed by atoms with van der Waals surface area (Å²) >= 11 is 0. The quantitative estimate of drug-likeness (QED) is 0.823. The molecule has 1 heterocycles. The Hall–Kier alpha value is -1.68. The summed E-state index contributed by atoms with van der Waals surface area (Å²) in [5.74, 6) is 0.227. The van der Waals surface area contributed by atoms with E-state index in [1.807, 2.05) is 24.3 Å². The average Bonchev–Trinajstić information content (AvgIpc) is 2.49. The van der Waals surface area contributed by atoms with Gasteiger partial charge < -0.3 is 15.4 Å². The van der Waals surface area contributed by atoms with Gasteiger partial charge in [0.15, 0.2) is 0 Å². The Balaban J connectivity index is 0.000000771. The van der Waals surface area contributed by atoms with Crippen LogP contribution in [0.3, 0.4) is 0 Å². The number of piperidine rings is 1. The van der Waals surface area contributed by atoms with Gasteiger partial charge in [-0.15, -0.1) is 0 Å². The van der Waals surface area contributed by atoms with Crippen molar-refractivity contribution >= 4 is 18.3 Å². The minimum Gasteiger partial charge on any atom is -0.371 e. The first kappa shape index (κ1) is 14.4. The van der Waals surface area contributed by atoms with Gasteiger partial charge in [-0.2, -0.15) is 0 Å². The number of hydrogen-bond donors (Lipinski definition) is 1. The molecule has 4 nitrogen and oxygen atoms in total. The second-order valence-corrected chi connectivity index (χ2v) is 4.17. The second-order valence-electron chi connectivity index (χ2n) is 4.17. The van der Waals surface area contributed by atoms with Gasteiger partial charge >= 0.3 is 0 Å². The second kappa shape index (κ2) is 7.61. The molecule has 0 aliphatic carbocycles. The van der Waals surface area contributed by atoms with E-state index in [9.17, 15) is 9.59 Å². The standard InChI is InChI=1S/C13H15NO2.CH5N/c15-9-11-1-3-13(4-2-11)14-7-5-12(10-16)6-8-14;1-2/h1-4,9-10,12H,5-8H2;2H2,1H3. The number of nitrogens with zero attached hydrogens (tertiary/aromatic N) is 1. The highest BCUT2D eigenvalue weighted by Gasteiger charge is 2.18. The molecule has 1 fully saturated rings. The predicted octanol–water partition coefficient (Wildman–Crippen LogP) is 1.49. The van der Waals surface area contributed by atoms with Gasteiger partial charge in [-0.1, -0.05) is 0 Å². The molecule has 0 unspecified atom stereocenters. The maximum Gasteiger partial charge on any atom is 0.150 e. The van der Waals surface area contributed by atoms with Crippen molar-refractivity contribution in [3.8, 4) is 0 Å². The molecular weight excluding hydrogens is 228 g/mol. The molecule has 0 aromatic heterocycles. The van der Waals surface area contributed by atoms with E-state index in [4.69, 9.17) is 0 Å². The maximum atomic E-state index is 10.6. The third kappa shape index (κ3) is 3.67. The van der Waals surface area contributed by atoms with Crippen LogP contribution in [0.4, 0.5) is 5.69 Å². The Kier molecular flexibility index (Phi) is 6.08. The molecule has 1 aliphatic heterocycles. The van der Waals surface area contributed by atoms with Crippen LogP contribution in [-0.4, -0.2) is 32.7 Å². The van der Waals surface area contributed by atoms with E-state index in [2.05, 4.69) is 10.6 Å². The maximum absolute atomic E-state index is 10.6. The average molecular weight is 248 g/mol. The smallest absolute Gasteiger partial charge is 0.150 e. The molecule has 18 heavy (non-hydrogen) atoms. The lowest BCUT2D eigenvalue weighted by atomic mass is 9.98. The van der Waals surface area contributed by atoms with Gasteiger partial charge in [0, 0.05) is 30.3 Å². The Morgan fingerprint density at radius 3 is 2.11 bits per heavy atom. The number of aldehydes is 2. The van der Waals surface area contributed by atoms with Gasteiger partial charge in [0.25, 0.3) is 0 Å². The molecule has 1 saturated heterocycles. The highest BCUT2D eigenvalue weighted by atomic mass is 16.1. The van der Waals surface area contributed by atoms with Crippen LogP contribution in [-0.2, 0) is 4.79 Å². The third-order valence-electron chi connectivity index (χ3n) is 3.13. The monoisotopic (exact) mass is 248 g/mol. The SMILES string of the molecule is CN.O=Cc1ccc(N2CCC(C=O)CC2)cc1. The number of carbonyl (C=O) groups excluding carboxylic acids is 2. The van der Waals surface area contributed by atoms with Crippen LogP contribution in [0.1, 0.15) is 23.2 Å². The summed E-state index contributed by atoms with van der Waals surface area (Å²) in [5.41, 5.74) is 6.33. The summed E-state index contributed by atoms with van der Waals surface area (Å²) in [7, 11) is 1.50. The van der Waals surface area contributed by atoms with Crippen LogP contribution in [0.5, 0.6) is 0 Å². The van der Waals surface area contributed by atoms with Crippen molar-refractivity contribution in [3.63, 3.8) is 0 Å². The first-order valence-corrected chi connectivity index (χ1v) is 6.16. The number of benzene rings is 1. The Morgan fingerprint density at radius 2 is 1.67 bits per heavy atom. The molecule has 0 spiro atoms. The molecule has 0 amide bonds. The predicted molar refractivity (Wildman–Crippen MR) is 72.9 cm³/mol. The number of carbonyl (C=O) groups is 2. The van der Waals surface area contributed by atoms with E-state index in [0.717, 1.165) is 44.2 Å². The largest absolute Gasteiger partial charge is 0.371 e. The first-order valence-electron chi connectivity index (χ1n) is 6.16. The van der Waals surface area contributed by atoms with E-state index < -0.39 is 0 Å². The van der Waals surface area contributed by atoms with Gasteiger partial charge in [0.05, 0.1) is 0 Å². The van der Waals surface area contributed by atoms with Crippen molar-refractivity contribution in [2.75, 3.05) is 25.0 Å². The minimum atomic E-state index is 0.227. The lowest BCUT2D eigenvalue weighted by Gasteiger charge is -2.31. The molecule has 0 atom stereocenters. The summed E-state index contributed by atoms with van der Waals surface area (Å²) in [6, 6.07) is 7.58. The minimum absolute atomic E-state index is 0.227. The Bertz CT molecular complexity index is 368. The zero-order valence-corrected chi connectivity index (χ0v) is 10.7. The number of hydrogen-bond acceptors (Lipinski definition) is 4. The van der Waals surface area contributed by atoms with Gasteiger partial charge in [-0.3, -0.25) is 4.79 Å². The van der Waals surface area contributed by atoms with E-state index in [0.29, 0.717) is 5.56 Å². The number of anilines is 1. The zero-order chi connectivity index (χ0) is 13.4. The molecule has 2 N–H and O–H groups in total. The van der Waals surface area contributed by atoms with Gasteiger partial charge in [0.2, 0.25) is 0 Å². The first-order chi connectivity index (χ1) is 8.83. The fraction of sp³-hybridized carbons (Fsp3) is 0.429. The van der Waals surface area contributed by atoms with Crippen molar-refractivity contribution in [2.45, 2.75) is 12.8 Å². The van der Waals surface area contributed by atoms with Crippen LogP contribution in [0, 0.1) is 5.92 Å². The van der Waals surface area contributed by atoms with E-state index in [1.165, 1.54) is 7.05 Å². The third-order valence-corrected chi connectivity index (χ3v) is 3.13. The molecule has 4 heteroatoms. The molecule has 0 radical (unpaired) electrons. The number of nitrogens with two attached hydrogens (primary N) is 1. The molecular formula is C14H20N2O2. The van der Waals surface area contributed by atoms with E-state index in [1.54, 1.807) is 0 Å². The molecule has 98 valence electrons. The summed E-state index contributed by atoms with van der Waals surface area (Å²) in [6.07, 6.45) is 3.77. The van der Waals surface area contributed by atoms with E-state index >= 15 is 0 Å². The van der Waals surface area contributed by atoms with Crippen molar-refractivity contribution in [3.05, 3.63) is 29.8 Å². The lowest BCUT2D eigenvalue weighted by Crippen LogP contribution is -2.34. The molecule has 1 aliphatic rings. The molecule has 1 aromatic carbocycles. The van der Waals surface area contributed by atoms with Gasteiger partial charge in [-0.25, -0.2) is 0 Å². The number of rotatable bonds is 3. The van der Waals surface area contributed by atoms with Gasteiger partial charge in [0.1, 0.15) is 12.6 Å². The fourth-order valence-electron chi connectivity index (χ4n) is 2.06. The Morgan fingerprint density at radius 1 is 1.11 bits per heavy atom. The summed E-state index contributed by atoms with van der Waals surface area (Å²) in [6.45, 7) is 1.84. The van der Waals surface area contributed by atoms with Gasteiger partial charge in [-0.05, 0) is 44.2 Å². The summed E-state index contributed by atoms with van der Waals surface area (Å²) in [5, 5.41) is 0. The van der Waals surface area contributed by atoms with Crippen molar-refractivity contribution in [2.24, 2.45) is 11.7 Å². The lowest BCUT2D eigenvalue weighted by molar-refractivity contribution is -0.111. The molecule has 0 saturated carbocycles. The van der Waals surface area contributed by atoms with Crippen LogP contribution < -0.4 is 10.6 Å².